The van der Waals surface area contributed by atoms with E-state index >= 15 is 0 Å². The minimum Gasteiger partial charge on any atom is -0.492 e. The van der Waals surface area contributed by atoms with Crippen LogP contribution in [0.25, 0.3) is 11.5 Å². The summed E-state index contributed by atoms with van der Waals surface area (Å²) in [6, 6.07) is 6.13. The lowest BCUT2D eigenvalue weighted by atomic mass is 9.86. The van der Waals surface area contributed by atoms with Gasteiger partial charge in [0, 0.05) is 30.5 Å². The second kappa shape index (κ2) is 6.11. The summed E-state index contributed by atoms with van der Waals surface area (Å²) in [7, 11) is 0. The van der Waals surface area contributed by atoms with Crippen molar-refractivity contribution in [1.29, 1.82) is 0 Å². The predicted octanol–water partition coefficient (Wildman–Crippen LogP) is 3.52. The van der Waals surface area contributed by atoms with Crippen LogP contribution in [0.15, 0.2) is 22.6 Å². The van der Waals surface area contributed by atoms with Crippen molar-refractivity contribution in [3.05, 3.63) is 29.7 Å². The minimum atomic E-state index is -0.0198. The van der Waals surface area contributed by atoms with Gasteiger partial charge in [0.25, 0.3) is 5.89 Å². The van der Waals surface area contributed by atoms with E-state index in [4.69, 9.17) is 9.15 Å². The van der Waals surface area contributed by atoms with Gasteiger partial charge >= 0.3 is 0 Å². The van der Waals surface area contributed by atoms with Gasteiger partial charge in [-0.05, 0) is 25.8 Å². The van der Waals surface area contributed by atoms with E-state index < -0.39 is 0 Å². The molecule has 1 saturated heterocycles. The molecule has 0 radical (unpaired) electrons. The summed E-state index contributed by atoms with van der Waals surface area (Å²) in [4.78, 5) is 13.7. The first-order valence-electron chi connectivity index (χ1n) is 9.26. The summed E-state index contributed by atoms with van der Waals surface area (Å²) in [6.45, 7) is 9.45. The molecule has 1 amide bonds. The standard InChI is InChI=1S/C20H25N3O3/c1-12-14(8-6-10-23(12)13(2)24)18-21-22-19(26-18)15-7-5-9-16-17(15)25-11-20(16,3)4/h5,7,9,12,14H,6,8,10-11H2,1-4H3/t12-,14-/m0/s1. The highest BCUT2D eigenvalue weighted by Crippen LogP contribution is 2.44. The van der Waals surface area contributed by atoms with Crippen molar-refractivity contribution in [2.24, 2.45) is 0 Å². The molecule has 6 heteroatoms. The molecule has 2 atom stereocenters. The largest absolute Gasteiger partial charge is 0.492 e. The molecule has 2 aliphatic rings. The van der Waals surface area contributed by atoms with Gasteiger partial charge in [0.15, 0.2) is 0 Å². The lowest BCUT2D eigenvalue weighted by Crippen LogP contribution is -2.44. The molecule has 0 unspecified atom stereocenters. The van der Waals surface area contributed by atoms with Crippen molar-refractivity contribution in [2.45, 2.75) is 57.9 Å². The number of para-hydroxylation sites is 1. The van der Waals surface area contributed by atoms with Crippen molar-refractivity contribution >= 4 is 5.91 Å². The molecule has 0 bridgehead atoms. The lowest BCUT2D eigenvalue weighted by molar-refractivity contribution is -0.132. The van der Waals surface area contributed by atoms with Crippen LogP contribution < -0.4 is 4.74 Å². The maximum absolute atomic E-state index is 11.8. The van der Waals surface area contributed by atoms with Gasteiger partial charge in [0.1, 0.15) is 5.75 Å². The molecule has 1 fully saturated rings. The first-order chi connectivity index (χ1) is 12.4. The van der Waals surface area contributed by atoms with E-state index in [1.165, 1.54) is 5.56 Å². The SMILES string of the molecule is CC(=O)N1CCC[C@H](c2nnc(-c3cccc4c3OCC4(C)C)o2)[C@@H]1C. The first-order valence-corrected chi connectivity index (χ1v) is 9.26. The normalized spacial score (nSPS) is 24.2. The smallest absolute Gasteiger partial charge is 0.251 e. The summed E-state index contributed by atoms with van der Waals surface area (Å²) in [5.74, 6) is 2.10. The topological polar surface area (TPSA) is 68.5 Å². The van der Waals surface area contributed by atoms with Crippen LogP contribution in [0.1, 0.15) is 57.9 Å². The Balaban J connectivity index is 1.66. The van der Waals surface area contributed by atoms with Crippen LogP contribution in [-0.4, -0.2) is 40.2 Å². The van der Waals surface area contributed by atoms with Gasteiger partial charge in [0.2, 0.25) is 11.8 Å². The van der Waals surface area contributed by atoms with Gasteiger partial charge in [-0.3, -0.25) is 4.79 Å². The molecule has 0 aliphatic carbocycles. The number of carbonyl (C=O) groups is 1. The molecule has 4 rings (SSSR count). The molecule has 0 spiro atoms. The second-order valence-corrected chi connectivity index (χ2v) is 8.00. The summed E-state index contributed by atoms with van der Waals surface area (Å²) in [5, 5.41) is 8.60. The Kier molecular flexibility index (Phi) is 4.01. The molecular formula is C20H25N3O3. The zero-order valence-electron chi connectivity index (χ0n) is 15.8. The predicted molar refractivity (Wildman–Crippen MR) is 97.1 cm³/mol. The van der Waals surface area contributed by atoms with E-state index in [0.717, 1.165) is 30.7 Å². The molecule has 26 heavy (non-hydrogen) atoms. The highest BCUT2D eigenvalue weighted by Gasteiger charge is 2.36. The lowest BCUT2D eigenvalue weighted by Gasteiger charge is -2.37. The van der Waals surface area contributed by atoms with Crippen LogP contribution in [-0.2, 0) is 10.2 Å². The Hall–Kier alpha value is -2.37. The number of hydrogen-bond acceptors (Lipinski definition) is 5. The van der Waals surface area contributed by atoms with Gasteiger partial charge in [-0.1, -0.05) is 26.0 Å². The highest BCUT2D eigenvalue weighted by molar-refractivity contribution is 5.73. The Bertz CT molecular complexity index is 843. The van der Waals surface area contributed by atoms with Crippen molar-refractivity contribution in [1.82, 2.24) is 15.1 Å². The van der Waals surface area contributed by atoms with Gasteiger partial charge in [-0.2, -0.15) is 0 Å². The Morgan fingerprint density at radius 1 is 1.31 bits per heavy atom. The maximum atomic E-state index is 11.8. The van der Waals surface area contributed by atoms with Crippen LogP contribution >= 0.6 is 0 Å². The molecule has 3 heterocycles. The van der Waals surface area contributed by atoms with E-state index in [0.29, 0.717) is 18.4 Å². The van der Waals surface area contributed by atoms with E-state index in [9.17, 15) is 4.79 Å². The van der Waals surface area contributed by atoms with Crippen LogP contribution in [0.4, 0.5) is 0 Å². The summed E-state index contributed by atoms with van der Waals surface area (Å²) in [5.41, 5.74) is 2.00. The fraction of sp³-hybridized carbons (Fsp3) is 0.550. The average molecular weight is 355 g/mol. The number of nitrogens with zero attached hydrogens (tertiary/aromatic N) is 3. The van der Waals surface area contributed by atoms with Gasteiger partial charge in [0.05, 0.1) is 18.1 Å². The molecular weight excluding hydrogens is 330 g/mol. The van der Waals surface area contributed by atoms with Gasteiger partial charge in [-0.25, -0.2) is 0 Å². The molecule has 2 aliphatic heterocycles. The van der Waals surface area contributed by atoms with Crippen molar-refractivity contribution < 1.29 is 13.9 Å². The Labute approximate surface area is 153 Å². The number of likely N-dealkylation sites (tertiary alicyclic amines) is 1. The van der Waals surface area contributed by atoms with Crippen LogP contribution in [0.5, 0.6) is 5.75 Å². The number of ether oxygens (including phenoxy) is 1. The Morgan fingerprint density at radius 2 is 2.12 bits per heavy atom. The molecule has 0 saturated carbocycles. The molecule has 1 aromatic carbocycles. The number of rotatable bonds is 2. The Morgan fingerprint density at radius 3 is 2.88 bits per heavy atom. The van der Waals surface area contributed by atoms with E-state index in [1.54, 1.807) is 6.92 Å². The third-order valence-corrected chi connectivity index (χ3v) is 5.70. The van der Waals surface area contributed by atoms with Crippen molar-refractivity contribution in [3.63, 3.8) is 0 Å². The molecule has 0 N–H and O–H groups in total. The quantitative estimate of drug-likeness (QED) is 0.824. The van der Waals surface area contributed by atoms with Crippen LogP contribution in [0.2, 0.25) is 0 Å². The number of benzene rings is 1. The van der Waals surface area contributed by atoms with Crippen molar-refractivity contribution in [2.75, 3.05) is 13.2 Å². The van der Waals surface area contributed by atoms with Gasteiger partial charge in [-0.15, -0.1) is 10.2 Å². The fourth-order valence-electron chi connectivity index (χ4n) is 4.14. The monoisotopic (exact) mass is 355 g/mol. The first kappa shape index (κ1) is 17.1. The van der Waals surface area contributed by atoms with Crippen molar-refractivity contribution in [3.8, 4) is 17.2 Å². The van der Waals surface area contributed by atoms with E-state index in [2.05, 4.69) is 37.0 Å². The molecule has 6 nitrogen and oxygen atoms in total. The summed E-state index contributed by atoms with van der Waals surface area (Å²) < 4.78 is 12.0. The molecule has 1 aromatic heterocycles. The maximum Gasteiger partial charge on any atom is 0.251 e. The number of piperidine rings is 1. The number of fused-ring (bicyclic) bond motifs is 1. The van der Waals surface area contributed by atoms with E-state index in [-0.39, 0.29) is 23.3 Å². The number of carbonyl (C=O) groups excluding carboxylic acids is 1. The number of hydrogen-bond donors (Lipinski definition) is 0. The summed E-state index contributed by atoms with van der Waals surface area (Å²) in [6.07, 6.45) is 1.90. The average Bonchev–Trinajstić information content (AvgIpc) is 3.20. The zero-order chi connectivity index (χ0) is 18.5. The third-order valence-electron chi connectivity index (χ3n) is 5.70. The zero-order valence-corrected chi connectivity index (χ0v) is 15.8. The molecule has 138 valence electrons. The van der Waals surface area contributed by atoms with E-state index in [1.807, 2.05) is 17.0 Å². The minimum absolute atomic E-state index is 0.0198. The second-order valence-electron chi connectivity index (χ2n) is 8.00. The van der Waals surface area contributed by atoms with Crippen LogP contribution in [0, 0.1) is 0 Å². The third kappa shape index (κ3) is 2.68. The summed E-state index contributed by atoms with van der Waals surface area (Å²) >= 11 is 0. The number of amides is 1. The fourth-order valence-corrected chi connectivity index (χ4v) is 4.14. The highest BCUT2D eigenvalue weighted by atomic mass is 16.5. The van der Waals surface area contributed by atoms with Crippen LogP contribution in [0.3, 0.4) is 0 Å². The molecule has 2 aromatic rings. The van der Waals surface area contributed by atoms with Gasteiger partial charge < -0.3 is 14.1 Å². The number of aromatic nitrogens is 2.